The first-order valence-corrected chi connectivity index (χ1v) is 10.0. The highest BCUT2D eigenvalue weighted by atomic mass is 16.5. The van der Waals surface area contributed by atoms with Gasteiger partial charge in [-0.25, -0.2) is 4.79 Å². The summed E-state index contributed by atoms with van der Waals surface area (Å²) in [4.78, 5) is 28.1. The minimum absolute atomic E-state index is 0.141. The van der Waals surface area contributed by atoms with Gasteiger partial charge in [-0.3, -0.25) is 9.69 Å². The fraction of sp³-hybridized carbons (Fsp3) is 0.619. The van der Waals surface area contributed by atoms with Crippen molar-refractivity contribution in [2.45, 2.75) is 44.7 Å². The molecule has 2 bridgehead atoms. The Kier molecular flexibility index (Phi) is 5.34. The molecule has 4 fully saturated rings. The summed E-state index contributed by atoms with van der Waals surface area (Å²) in [6, 6.07) is 7.96. The van der Waals surface area contributed by atoms with Gasteiger partial charge in [-0.1, -0.05) is 18.6 Å². The third-order valence-corrected chi connectivity index (χ3v) is 6.24. The van der Waals surface area contributed by atoms with Gasteiger partial charge >= 0.3 is 5.97 Å². The van der Waals surface area contributed by atoms with Crippen LogP contribution < -0.4 is 4.74 Å². The van der Waals surface area contributed by atoms with Gasteiger partial charge in [-0.05, 0) is 49.3 Å². The number of carboxylic acid groups (broad SMARTS) is 1. The molecule has 1 aromatic rings. The molecule has 6 heteroatoms. The van der Waals surface area contributed by atoms with Crippen molar-refractivity contribution in [3.63, 3.8) is 0 Å². The first-order chi connectivity index (χ1) is 13.1. The molecule has 6 nitrogen and oxygen atoms in total. The maximum Gasteiger partial charge on any atom is 0.341 e. The third-order valence-electron chi connectivity index (χ3n) is 6.24. The fourth-order valence-electron chi connectivity index (χ4n) is 4.55. The molecule has 4 aliphatic rings. The molecule has 3 saturated heterocycles. The minimum atomic E-state index is -0.977. The van der Waals surface area contributed by atoms with Crippen LogP contribution >= 0.6 is 0 Å². The number of hydrogen-bond acceptors (Lipinski definition) is 4. The Morgan fingerprint density at radius 3 is 2.56 bits per heavy atom. The Morgan fingerprint density at radius 2 is 1.89 bits per heavy atom. The van der Waals surface area contributed by atoms with Crippen LogP contribution in [0.3, 0.4) is 0 Å². The van der Waals surface area contributed by atoms with Crippen molar-refractivity contribution in [1.29, 1.82) is 0 Å². The highest BCUT2D eigenvalue weighted by Gasteiger charge is 2.41. The quantitative estimate of drug-likeness (QED) is 0.796. The molecule has 1 saturated carbocycles. The van der Waals surface area contributed by atoms with Crippen molar-refractivity contribution in [2.24, 2.45) is 11.8 Å². The lowest BCUT2D eigenvalue weighted by Crippen LogP contribution is -2.50. The standard InChI is InChI=1S/C21H28N2O4/c24-20(25)14-27-19-8-4-16(5-9-19)10-22-12-17-6-7-18(13-22)23(21(17)26)11-15-2-1-3-15/h4-5,8-9,15,17-18H,1-3,6-7,10-14H2,(H,24,25)/t17-,18+/m0/s1. The number of carbonyl (C=O) groups is 2. The molecular weight excluding hydrogens is 344 g/mol. The monoisotopic (exact) mass is 372 g/mol. The number of nitrogens with zero attached hydrogens (tertiary/aromatic N) is 2. The molecule has 3 heterocycles. The smallest absolute Gasteiger partial charge is 0.341 e. The number of ether oxygens (including phenoxy) is 1. The number of piperidine rings is 1. The average Bonchev–Trinajstić information content (AvgIpc) is 2.88. The second-order valence-electron chi connectivity index (χ2n) is 8.24. The summed E-state index contributed by atoms with van der Waals surface area (Å²) in [5, 5.41) is 8.68. The highest BCUT2D eigenvalue weighted by molar-refractivity contribution is 5.80. The van der Waals surface area contributed by atoms with E-state index < -0.39 is 5.97 Å². The molecule has 0 spiro atoms. The summed E-state index contributed by atoms with van der Waals surface area (Å²) in [5.41, 5.74) is 1.16. The Balaban J connectivity index is 1.37. The Labute approximate surface area is 160 Å². The number of aliphatic carboxylic acids is 1. The van der Waals surface area contributed by atoms with Gasteiger partial charge in [-0.2, -0.15) is 0 Å². The summed E-state index contributed by atoms with van der Waals surface area (Å²) in [7, 11) is 0. The number of carboxylic acids is 1. The maximum atomic E-state index is 12.9. The van der Waals surface area contributed by atoms with E-state index in [-0.39, 0.29) is 12.5 Å². The fourth-order valence-corrected chi connectivity index (χ4v) is 4.55. The second kappa shape index (κ2) is 7.89. The summed E-state index contributed by atoms with van der Waals surface area (Å²) in [6.45, 7) is 3.24. The van der Waals surface area contributed by atoms with E-state index in [1.807, 2.05) is 24.3 Å². The molecule has 27 heavy (non-hydrogen) atoms. The summed E-state index contributed by atoms with van der Waals surface area (Å²) >= 11 is 0. The number of rotatable bonds is 7. The van der Waals surface area contributed by atoms with Crippen LogP contribution in [0.15, 0.2) is 24.3 Å². The molecule has 0 radical (unpaired) electrons. The van der Waals surface area contributed by atoms with Gasteiger partial charge in [0.2, 0.25) is 5.91 Å². The lowest BCUT2D eigenvalue weighted by atomic mass is 9.83. The van der Waals surface area contributed by atoms with Gasteiger partial charge in [0.05, 0.1) is 5.92 Å². The predicted octanol–water partition coefficient (Wildman–Crippen LogP) is 2.37. The normalized spacial score (nSPS) is 25.9. The van der Waals surface area contributed by atoms with Crippen LogP contribution in [0.5, 0.6) is 5.75 Å². The summed E-state index contributed by atoms with van der Waals surface area (Å²) in [6.07, 6.45) is 6.02. The topological polar surface area (TPSA) is 70.1 Å². The zero-order valence-electron chi connectivity index (χ0n) is 15.7. The molecule has 0 unspecified atom stereocenters. The number of fused-ring (bicyclic) bond motifs is 4. The van der Waals surface area contributed by atoms with Crippen LogP contribution in [0.2, 0.25) is 0 Å². The highest BCUT2D eigenvalue weighted by Crippen LogP contribution is 2.34. The van der Waals surface area contributed by atoms with Crippen LogP contribution in [0, 0.1) is 11.8 Å². The number of benzene rings is 1. The Bertz CT molecular complexity index is 686. The summed E-state index contributed by atoms with van der Waals surface area (Å²) in [5.74, 6) is 0.828. The Hall–Kier alpha value is -2.08. The summed E-state index contributed by atoms with van der Waals surface area (Å²) < 4.78 is 5.19. The molecule has 5 rings (SSSR count). The van der Waals surface area contributed by atoms with Crippen molar-refractivity contribution in [1.82, 2.24) is 9.80 Å². The minimum Gasteiger partial charge on any atom is -0.482 e. The predicted molar refractivity (Wildman–Crippen MR) is 100 cm³/mol. The molecule has 146 valence electrons. The molecule has 1 aromatic carbocycles. The van der Waals surface area contributed by atoms with Crippen LogP contribution in [0.25, 0.3) is 0 Å². The molecule has 1 aliphatic carbocycles. The first kappa shape index (κ1) is 18.3. The van der Waals surface area contributed by atoms with E-state index in [4.69, 9.17) is 9.84 Å². The van der Waals surface area contributed by atoms with Crippen LogP contribution in [0.1, 0.15) is 37.7 Å². The zero-order valence-corrected chi connectivity index (χ0v) is 15.7. The van der Waals surface area contributed by atoms with E-state index in [1.165, 1.54) is 19.3 Å². The van der Waals surface area contributed by atoms with Crippen LogP contribution in [-0.4, -0.2) is 59.1 Å². The SMILES string of the molecule is O=C(O)COc1ccc(CN2C[C@@H]3CC[C@H](C2)N(CC2CCC2)C3=O)cc1. The van der Waals surface area contributed by atoms with E-state index in [0.717, 1.165) is 50.5 Å². The van der Waals surface area contributed by atoms with Crippen LogP contribution in [-0.2, 0) is 16.1 Å². The van der Waals surface area contributed by atoms with Crippen molar-refractivity contribution >= 4 is 11.9 Å². The number of carbonyl (C=O) groups excluding carboxylic acids is 1. The van der Waals surface area contributed by atoms with Crippen molar-refractivity contribution in [3.8, 4) is 5.75 Å². The molecule has 2 atom stereocenters. The maximum absolute atomic E-state index is 12.9. The van der Waals surface area contributed by atoms with Gasteiger partial charge in [0, 0.05) is 32.2 Å². The molecule has 3 aliphatic heterocycles. The zero-order chi connectivity index (χ0) is 18.8. The van der Waals surface area contributed by atoms with E-state index in [0.29, 0.717) is 17.7 Å². The third kappa shape index (κ3) is 4.26. The first-order valence-electron chi connectivity index (χ1n) is 10.0. The average molecular weight is 372 g/mol. The molecule has 1 N–H and O–H groups in total. The van der Waals surface area contributed by atoms with Gasteiger partial charge in [0.25, 0.3) is 0 Å². The largest absolute Gasteiger partial charge is 0.482 e. The van der Waals surface area contributed by atoms with Gasteiger partial charge in [0.1, 0.15) is 5.75 Å². The van der Waals surface area contributed by atoms with E-state index >= 15 is 0 Å². The van der Waals surface area contributed by atoms with Crippen molar-refractivity contribution in [2.75, 3.05) is 26.2 Å². The van der Waals surface area contributed by atoms with Crippen molar-refractivity contribution < 1.29 is 19.4 Å². The second-order valence-corrected chi connectivity index (χ2v) is 8.24. The van der Waals surface area contributed by atoms with Gasteiger partial charge in [-0.15, -0.1) is 0 Å². The number of amides is 1. The molecule has 0 aromatic heterocycles. The van der Waals surface area contributed by atoms with Gasteiger partial charge in [0.15, 0.2) is 6.61 Å². The lowest BCUT2D eigenvalue weighted by Gasteiger charge is -2.40. The van der Waals surface area contributed by atoms with Crippen molar-refractivity contribution in [3.05, 3.63) is 29.8 Å². The van der Waals surface area contributed by atoms with Gasteiger partial charge < -0.3 is 14.7 Å². The van der Waals surface area contributed by atoms with E-state index in [1.54, 1.807) is 0 Å². The van der Waals surface area contributed by atoms with E-state index in [2.05, 4.69) is 9.80 Å². The Morgan fingerprint density at radius 1 is 1.11 bits per heavy atom. The van der Waals surface area contributed by atoms with Crippen LogP contribution in [0.4, 0.5) is 0 Å². The van der Waals surface area contributed by atoms with E-state index in [9.17, 15) is 9.59 Å². The molecule has 1 amide bonds. The lowest BCUT2D eigenvalue weighted by molar-refractivity contribution is -0.141. The molecular formula is C21H28N2O4. The number of hydrogen-bond donors (Lipinski definition) is 1.